The van der Waals surface area contributed by atoms with Crippen molar-refractivity contribution in [1.82, 2.24) is 9.97 Å². The molecule has 0 bridgehead atoms. The van der Waals surface area contributed by atoms with Gasteiger partial charge in [-0.05, 0) is 37.2 Å². The van der Waals surface area contributed by atoms with Crippen LogP contribution in [-0.4, -0.2) is 22.7 Å². The van der Waals surface area contributed by atoms with Gasteiger partial charge in [-0.25, -0.2) is 14.4 Å². The van der Waals surface area contributed by atoms with Crippen molar-refractivity contribution >= 4 is 0 Å². The van der Waals surface area contributed by atoms with Crippen LogP contribution in [0.25, 0.3) is 11.4 Å². The van der Waals surface area contributed by atoms with Gasteiger partial charge in [0.1, 0.15) is 12.8 Å². The van der Waals surface area contributed by atoms with Gasteiger partial charge in [0.05, 0.1) is 12.4 Å². The lowest BCUT2D eigenvalue weighted by Crippen LogP contribution is -2.14. The molecule has 2 rings (SSSR count). The Morgan fingerprint density at radius 1 is 0.743 bits per heavy atom. The molecule has 1 aromatic heterocycles. The van der Waals surface area contributed by atoms with Crippen LogP contribution >= 0.6 is 0 Å². The summed E-state index contributed by atoms with van der Waals surface area (Å²) in [5.41, 5.74) is 2.37. The number of ether oxygens (including phenoxy) is 1. The van der Waals surface area contributed by atoms with Crippen molar-refractivity contribution in [2.24, 2.45) is 5.92 Å². The van der Waals surface area contributed by atoms with Crippen molar-refractivity contribution < 1.29 is 9.13 Å². The Kier molecular flexibility index (Phi) is 15.3. The molecular formula is C31H49FN2O. The zero-order valence-corrected chi connectivity index (χ0v) is 22.6. The number of benzene rings is 1. The highest BCUT2D eigenvalue weighted by Crippen LogP contribution is 2.20. The molecule has 1 aromatic carbocycles. The van der Waals surface area contributed by atoms with Crippen molar-refractivity contribution in [3.8, 4) is 17.1 Å². The number of rotatable bonds is 20. The molecule has 0 fully saturated rings. The number of aryl methyl sites for hydroxylation is 1. The van der Waals surface area contributed by atoms with Gasteiger partial charge in [0.25, 0.3) is 0 Å². The molecule has 0 amide bonds. The highest BCUT2D eigenvalue weighted by molar-refractivity contribution is 5.55. The number of aromatic nitrogens is 2. The van der Waals surface area contributed by atoms with Gasteiger partial charge in [0.15, 0.2) is 11.6 Å². The van der Waals surface area contributed by atoms with Crippen LogP contribution in [0, 0.1) is 5.92 Å². The van der Waals surface area contributed by atoms with E-state index in [-0.39, 0.29) is 6.61 Å². The number of hydrogen-bond acceptors (Lipinski definition) is 3. The molecule has 0 aliphatic heterocycles. The van der Waals surface area contributed by atoms with E-state index in [1.54, 1.807) is 12.4 Å². The van der Waals surface area contributed by atoms with Crippen molar-refractivity contribution in [3.63, 3.8) is 0 Å². The smallest absolute Gasteiger partial charge is 0.159 e. The third kappa shape index (κ3) is 13.1. The molecule has 0 saturated heterocycles. The van der Waals surface area contributed by atoms with Crippen molar-refractivity contribution in [2.75, 3.05) is 6.61 Å². The molecule has 0 aliphatic carbocycles. The van der Waals surface area contributed by atoms with Gasteiger partial charge < -0.3 is 4.74 Å². The van der Waals surface area contributed by atoms with E-state index in [1.165, 1.54) is 82.6 Å². The van der Waals surface area contributed by atoms with E-state index in [2.05, 4.69) is 55.0 Å². The highest BCUT2D eigenvalue weighted by atomic mass is 19.1. The Balaban J connectivity index is 1.65. The summed E-state index contributed by atoms with van der Waals surface area (Å²) in [7, 11) is 0. The van der Waals surface area contributed by atoms with Crippen LogP contribution < -0.4 is 4.74 Å². The summed E-state index contributed by atoms with van der Waals surface area (Å²) in [6.07, 6.45) is 20.7. The van der Waals surface area contributed by atoms with E-state index in [0.29, 0.717) is 23.9 Å². The van der Waals surface area contributed by atoms with Gasteiger partial charge in [-0.3, -0.25) is 0 Å². The number of nitrogens with zero attached hydrogens (tertiary/aromatic N) is 2. The van der Waals surface area contributed by atoms with Gasteiger partial charge in [-0.1, -0.05) is 116 Å². The molecule has 0 aliphatic rings. The van der Waals surface area contributed by atoms with Crippen LogP contribution in [0.1, 0.15) is 116 Å². The summed E-state index contributed by atoms with van der Waals surface area (Å²) >= 11 is 0. The standard InChI is InChI=1S/C31H49FN2O/c1-4-6-8-9-10-11-12-14-16-27-18-20-28(21-19-27)31-33-23-30(24-34-31)35-25-29(32)22-17-26(3)15-13-7-5-2/h18-21,23-24,26,29H,4-17,22,25H2,1-3H3. The third-order valence-electron chi connectivity index (χ3n) is 6.86. The first-order chi connectivity index (χ1) is 17.1. The van der Waals surface area contributed by atoms with Gasteiger partial charge in [-0.15, -0.1) is 0 Å². The fraction of sp³-hybridized carbons (Fsp3) is 0.677. The monoisotopic (exact) mass is 484 g/mol. The van der Waals surface area contributed by atoms with Gasteiger partial charge in [0, 0.05) is 5.56 Å². The van der Waals surface area contributed by atoms with Crippen molar-refractivity contribution in [2.45, 2.75) is 123 Å². The second kappa shape index (κ2) is 18.3. The van der Waals surface area contributed by atoms with E-state index in [0.717, 1.165) is 18.4 Å². The maximum Gasteiger partial charge on any atom is 0.159 e. The zero-order valence-electron chi connectivity index (χ0n) is 22.6. The SMILES string of the molecule is CCCCCCCCCCc1ccc(-c2ncc(OCC(F)CCC(C)CCCCC)cn2)cc1. The number of halogens is 1. The Bertz CT molecular complexity index is 763. The first kappa shape index (κ1) is 29.3. The molecule has 2 aromatic rings. The van der Waals surface area contributed by atoms with Crippen molar-refractivity contribution in [1.29, 1.82) is 0 Å². The molecule has 3 nitrogen and oxygen atoms in total. The Labute approximate surface area is 214 Å². The van der Waals surface area contributed by atoms with E-state index in [4.69, 9.17) is 4.74 Å². The van der Waals surface area contributed by atoms with E-state index in [1.807, 2.05) is 0 Å². The molecule has 2 atom stereocenters. The predicted molar refractivity (Wildman–Crippen MR) is 147 cm³/mol. The van der Waals surface area contributed by atoms with E-state index < -0.39 is 6.17 Å². The summed E-state index contributed by atoms with van der Waals surface area (Å²) in [4.78, 5) is 8.86. The van der Waals surface area contributed by atoms with Crippen molar-refractivity contribution in [3.05, 3.63) is 42.2 Å². The molecule has 1 heterocycles. The minimum absolute atomic E-state index is 0.0673. The second-order valence-electron chi connectivity index (χ2n) is 10.3. The first-order valence-electron chi connectivity index (χ1n) is 14.3. The Morgan fingerprint density at radius 3 is 2.00 bits per heavy atom. The lowest BCUT2D eigenvalue weighted by molar-refractivity contribution is 0.177. The summed E-state index contributed by atoms with van der Waals surface area (Å²) < 4.78 is 19.8. The highest BCUT2D eigenvalue weighted by Gasteiger charge is 2.11. The molecular weight excluding hydrogens is 435 g/mol. The normalized spacial score (nSPS) is 13.0. The Morgan fingerprint density at radius 2 is 1.34 bits per heavy atom. The maximum absolute atomic E-state index is 14.2. The second-order valence-corrected chi connectivity index (χ2v) is 10.3. The lowest BCUT2D eigenvalue weighted by Gasteiger charge is -2.14. The van der Waals surface area contributed by atoms with Gasteiger partial charge in [0.2, 0.25) is 0 Å². The first-order valence-corrected chi connectivity index (χ1v) is 14.3. The number of hydrogen-bond donors (Lipinski definition) is 0. The summed E-state index contributed by atoms with van der Waals surface area (Å²) in [5, 5.41) is 0. The summed E-state index contributed by atoms with van der Waals surface area (Å²) in [6, 6.07) is 8.55. The molecule has 0 spiro atoms. The summed E-state index contributed by atoms with van der Waals surface area (Å²) in [5.74, 6) is 1.78. The molecule has 196 valence electrons. The fourth-order valence-electron chi connectivity index (χ4n) is 4.45. The van der Waals surface area contributed by atoms with Crippen LogP contribution in [0.4, 0.5) is 4.39 Å². The van der Waals surface area contributed by atoms with Gasteiger partial charge in [-0.2, -0.15) is 0 Å². The quantitative estimate of drug-likeness (QED) is 0.175. The number of unbranched alkanes of at least 4 members (excludes halogenated alkanes) is 9. The van der Waals surface area contributed by atoms with Crippen LogP contribution in [0.3, 0.4) is 0 Å². The largest absolute Gasteiger partial charge is 0.487 e. The maximum atomic E-state index is 14.2. The average molecular weight is 485 g/mol. The van der Waals surface area contributed by atoms with Gasteiger partial charge >= 0.3 is 0 Å². The topological polar surface area (TPSA) is 35.0 Å². The Hall–Kier alpha value is -1.97. The van der Waals surface area contributed by atoms with Crippen LogP contribution in [0.5, 0.6) is 5.75 Å². The summed E-state index contributed by atoms with van der Waals surface area (Å²) in [6.45, 7) is 6.77. The molecule has 0 radical (unpaired) electrons. The van der Waals surface area contributed by atoms with E-state index in [9.17, 15) is 4.39 Å². The van der Waals surface area contributed by atoms with Crippen LogP contribution in [0.15, 0.2) is 36.7 Å². The lowest BCUT2D eigenvalue weighted by atomic mass is 9.97. The third-order valence-corrected chi connectivity index (χ3v) is 6.86. The molecule has 0 N–H and O–H groups in total. The molecule has 4 heteroatoms. The number of alkyl halides is 1. The minimum Gasteiger partial charge on any atom is -0.487 e. The predicted octanol–water partition coefficient (Wildman–Crippen LogP) is 9.54. The van der Waals surface area contributed by atoms with Crippen LogP contribution in [-0.2, 0) is 6.42 Å². The minimum atomic E-state index is -0.947. The average Bonchev–Trinajstić information content (AvgIpc) is 2.88. The zero-order chi connectivity index (χ0) is 25.1. The molecule has 2 unspecified atom stereocenters. The molecule has 35 heavy (non-hydrogen) atoms. The fourth-order valence-corrected chi connectivity index (χ4v) is 4.45. The van der Waals surface area contributed by atoms with Crippen LogP contribution in [0.2, 0.25) is 0 Å². The molecule has 0 saturated carbocycles. The van der Waals surface area contributed by atoms with E-state index >= 15 is 0 Å².